The standard InChI is InChI=1S/C32H40FN7O4S/c1-4-5-18-34-32-35-19-27-29(38-40(30(27)37-32)24-12-14-25(41)15-13-24)21-6-16-26(17-7-21)45(43,44)39-28(20(2)3)31(42)36-23-10-8-22(33)9-11-23/h6-11,16-17,19-20,24-25,28,39,41H,4-5,12-15,18H2,1-3H3,(H,36,42)(H,34,35,37)/t24-,25-,28-/m0/s1. The third kappa shape index (κ3) is 7.66. The van der Waals surface area contributed by atoms with Crippen LogP contribution in [0.2, 0.25) is 0 Å². The Morgan fingerprint density at radius 2 is 1.76 bits per heavy atom. The van der Waals surface area contributed by atoms with E-state index in [1.54, 1.807) is 32.2 Å². The highest BCUT2D eigenvalue weighted by Gasteiger charge is 2.29. The molecule has 5 rings (SSSR count). The zero-order chi connectivity index (χ0) is 32.1. The zero-order valence-corrected chi connectivity index (χ0v) is 26.5. The number of hydrogen-bond donors (Lipinski definition) is 4. The monoisotopic (exact) mass is 637 g/mol. The van der Waals surface area contributed by atoms with Gasteiger partial charge in [-0.15, -0.1) is 0 Å². The Labute approximate surface area is 262 Å². The number of rotatable bonds is 12. The van der Waals surface area contributed by atoms with Crippen LogP contribution >= 0.6 is 0 Å². The third-order valence-electron chi connectivity index (χ3n) is 8.06. The molecule has 1 fully saturated rings. The summed E-state index contributed by atoms with van der Waals surface area (Å²) in [7, 11) is -4.08. The van der Waals surface area contributed by atoms with E-state index in [-0.39, 0.29) is 23.0 Å². The number of halogens is 1. The summed E-state index contributed by atoms with van der Waals surface area (Å²) in [5.41, 5.74) is 2.37. The number of fused-ring (bicyclic) bond motifs is 1. The average Bonchev–Trinajstić information content (AvgIpc) is 3.40. The molecular formula is C32H40FN7O4S. The van der Waals surface area contributed by atoms with Gasteiger partial charge < -0.3 is 15.7 Å². The number of hydrogen-bond acceptors (Lipinski definition) is 8. The van der Waals surface area contributed by atoms with Gasteiger partial charge in [0.1, 0.15) is 17.6 Å². The maximum atomic E-state index is 13.4. The van der Waals surface area contributed by atoms with Gasteiger partial charge in [-0.2, -0.15) is 14.8 Å². The van der Waals surface area contributed by atoms with Gasteiger partial charge in [-0.1, -0.05) is 39.3 Å². The number of anilines is 2. The Morgan fingerprint density at radius 3 is 2.40 bits per heavy atom. The Balaban J connectivity index is 1.40. The molecule has 0 saturated heterocycles. The summed E-state index contributed by atoms with van der Waals surface area (Å²) in [6.45, 7) is 6.35. The summed E-state index contributed by atoms with van der Waals surface area (Å²) in [4.78, 5) is 22.3. The third-order valence-corrected chi connectivity index (χ3v) is 9.51. The summed E-state index contributed by atoms with van der Waals surface area (Å²) in [6, 6.07) is 10.6. The van der Waals surface area contributed by atoms with Crippen LogP contribution in [0.15, 0.2) is 59.6 Å². The predicted molar refractivity (Wildman–Crippen MR) is 172 cm³/mol. The molecule has 0 spiro atoms. The number of aromatic nitrogens is 4. The van der Waals surface area contributed by atoms with E-state index in [9.17, 15) is 22.7 Å². The van der Waals surface area contributed by atoms with Crippen molar-refractivity contribution < 1.29 is 22.7 Å². The number of sulfonamides is 1. The number of benzene rings is 2. The molecule has 1 atom stereocenters. The first kappa shape index (κ1) is 32.5. The van der Waals surface area contributed by atoms with Gasteiger partial charge in [0.25, 0.3) is 0 Å². The van der Waals surface area contributed by atoms with Crippen molar-refractivity contribution in [1.29, 1.82) is 0 Å². The molecule has 11 nitrogen and oxygen atoms in total. The van der Waals surface area contributed by atoms with Gasteiger partial charge in [-0.25, -0.2) is 22.5 Å². The molecule has 2 heterocycles. The Kier molecular flexibility index (Phi) is 10.1. The molecule has 1 amide bonds. The topological polar surface area (TPSA) is 151 Å². The van der Waals surface area contributed by atoms with Gasteiger partial charge in [0.2, 0.25) is 21.9 Å². The lowest BCUT2D eigenvalue weighted by Gasteiger charge is -2.25. The van der Waals surface area contributed by atoms with Crippen LogP contribution < -0.4 is 15.4 Å². The summed E-state index contributed by atoms with van der Waals surface area (Å²) in [5.74, 6) is -0.831. The molecule has 1 aliphatic rings. The first-order valence-electron chi connectivity index (χ1n) is 15.4. The highest BCUT2D eigenvalue weighted by atomic mass is 32.2. The molecule has 0 unspecified atom stereocenters. The van der Waals surface area contributed by atoms with E-state index in [1.807, 2.05) is 4.68 Å². The van der Waals surface area contributed by atoms with Gasteiger partial charge in [-0.05, 0) is 74.4 Å². The smallest absolute Gasteiger partial charge is 0.242 e. The predicted octanol–water partition coefficient (Wildman–Crippen LogP) is 5.26. The lowest BCUT2D eigenvalue weighted by molar-refractivity contribution is -0.118. The summed E-state index contributed by atoms with van der Waals surface area (Å²) < 4.78 is 44.5. The van der Waals surface area contributed by atoms with Gasteiger partial charge >= 0.3 is 0 Å². The maximum absolute atomic E-state index is 13.4. The van der Waals surface area contributed by atoms with Crippen molar-refractivity contribution in [3.8, 4) is 11.3 Å². The second-order valence-electron chi connectivity index (χ2n) is 11.8. The molecule has 2 aromatic heterocycles. The summed E-state index contributed by atoms with van der Waals surface area (Å²) in [6.07, 6.45) is 6.39. The number of amides is 1. The average molecular weight is 638 g/mol. The fraction of sp³-hybridized carbons (Fsp3) is 0.438. The number of aliphatic hydroxyl groups excluding tert-OH is 1. The number of carbonyl (C=O) groups is 1. The fourth-order valence-electron chi connectivity index (χ4n) is 5.43. The molecule has 4 aromatic rings. The molecule has 45 heavy (non-hydrogen) atoms. The van der Waals surface area contributed by atoms with E-state index in [0.29, 0.717) is 41.4 Å². The van der Waals surface area contributed by atoms with Crippen molar-refractivity contribution in [3.63, 3.8) is 0 Å². The lowest BCUT2D eigenvalue weighted by Crippen LogP contribution is -2.47. The molecule has 13 heteroatoms. The molecule has 1 saturated carbocycles. The Hall–Kier alpha value is -3.94. The number of carbonyl (C=O) groups excluding carboxylic acids is 1. The molecule has 4 N–H and O–H groups in total. The van der Waals surface area contributed by atoms with Crippen LogP contribution in [0, 0.1) is 11.7 Å². The Morgan fingerprint density at radius 1 is 1.07 bits per heavy atom. The second kappa shape index (κ2) is 14.0. The van der Waals surface area contributed by atoms with Crippen LogP contribution in [-0.4, -0.2) is 57.9 Å². The van der Waals surface area contributed by atoms with Gasteiger partial charge in [0.15, 0.2) is 5.65 Å². The van der Waals surface area contributed by atoms with Gasteiger partial charge in [0.05, 0.1) is 22.4 Å². The number of nitrogens with zero attached hydrogens (tertiary/aromatic N) is 4. The van der Waals surface area contributed by atoms with Crippen molar-refractivity contribution in [3.05, 3.63) is 60.5 Å². The van der Waals surface area contributed by atoms with Crippen LogP contribution in [0.1, 0.15) is 65.3 Å². The van der Waals surface area contributed by atoms with Crippen LogP contribution in [-0.2, 0) is 14.8 Å². The maximum Gasteiger partial charge on any atom is 0.242 e. The highest BCUT2D eigenvalue weighted by molar-refractivity contribution is 7.89. The van der Waals surface area contributed by atoms with E-state index in [4.69, 9.17) is 10.1 Å². The highest BCUT2D eigenvalue weighted by Crippen LogP contribution is 2.35. The largest absolute Gasteiger partial charge is 0.393 e. The summed E-state index contributed by atoms with van der Waals surface area (Å²) in [5, 5.41) is 21.7. The molecule has 0 aliphatic heterocycles. The first-order valence-corrected chi connectivity index (χ1v) is 16.9. The van der Waals surface area contributed by atoms with E-state index < -0.39 is 27.8 Å². The summed E-state index contributed by atoms with van der Waals surface area (Å²) >= 11 is 0. The molecule has 0 radical (unpaired) electrons. The Bertz CT molecular complexity index is 1720. The minimum absolute atomic E-state index is 0.00449. The normalized spacial score (nSPS) is 17.8. The first-order chi connectivity index (χ1) is 21.6. The second-order valence-corrected chi connectivity index (χ2v) is 13.5. The zero-order valence-electron chi connectivity index (χ0n) is 25.7. The minimum atomic E-state index is -4.08. The number of nitrogens with one attached hydrogen (secondary N) is 3. The van der Waals surface area contributed by atoms with E-state index in [2.05, 4.69) is 27.3 Å². The van der Waals surface area contributed by atoms with Gasteiger partial charge in [0, 0.05) is 24.0 Å². The molecular weight excluding hydrogens is 597 g/mol. The fourth-order valence-corrected chi connectivity index (χ4v) is 6.77. The quantitative estimate of drug-likeness (QED) is 0.154. The van der Waals surface area contributed by atoms with Crippen molar-refractivity contribution in [1.82, 2.24) is 24.5 Å². The molecule has 1 aliphatic carbocycles. The van der Waals surface area contributed by atoms with Crippen LogP contribution in [0.4, 0.5) is 16.0 Å². The SMILES string of the molecule is CCCCNc1ncc2c(-c3ccc(S(=O)(=O)N[C@H](C(=O)Nc4ccc(F)cc4)C(C)C)cc3)nn([C@H]3CC[C@H](O)CC3)c2n1. The van der Waals surface area contributed by atoms with Crippen LogP contribution in [0.3, 0.4) is 0 Å². The van der Waals surface area contributed by atoms with Crippen LogP contribution in [0.25, 0.3) is 22.3 Å². The van der Waals surface area contributed by atoms with Crippen molar-refractivity contribution >= 4 is 38.6 Å². The molecule has 0 bridgehead atoms. The number of unbranched alkanes of at least 4 members (excludes halogenated alkanes) is 1. The van der Waals surface area contributed by atoms with Crippen molar-refractivity contribution in [2.45, 2.75) is 82.4 Å². The van der Waals surface area contributed by atoms with Gasteiger partial charge in [-0.3, -0.25) is 4.79 Å². The number of aliphatic hydroxyl groups is 1. The van der Waals surface area contributed by atoms with Crippen LogP contribution in [0.5, 0.6) is 0 Å². The van der Waals surface area contributed by atoms with Crippen molar-refractivity contribution in [2.75, 3.05) is 17.2 Å². The van der Waals surface area contributed by atoms with Crippen molar-refractivity contribution in [2.24, 2.45) is 5.92 Å². The molecule has 240 valence electrons. The minimum Gasteiger partial charge on any atom is -0.393 e. The van der Waals surface area contributed by atoms with E-state index in [0.717, 1.165) is 37.6 Å². The van der Waals surface area contributed by atoms with E-state index >= 15 is 0 Å². The molecule has 2 aromatic carbocycles. The lowest BCUT2D eigenvalue weighted by atomic mass is 9.93. The van der Waals surface area contributed by atoms with E-state index in [1.165, 1.54) is 36.4 Å².